The maximum absolute atomic E-state index is 13.0. The zero-order chi connectivity index (χ0) is 22.2. The second-order valence-electron chi connectivity index (χ2n) is 6.85. The summed E-state index contributed by atoms with van der Waals surface area (Å²) in [6.07, 6.45) is 2.47. The number of carbonyl (C=O) groups excluding carboxylic acids is 1. The van der Waals surface area contributed by atoms with E-state index in [1.807, 2.05) is 12.1 Å². The number of anilines is 3. The first-order chi connectivity index (χ1) is 15.1. The Morgan fingerprint density at radius 1 is 1.32 bits per heavy atom. The molecular weight excluding hydrogens is 400 g/mol. The van der Waals surface area contributed by atoms with E-state index in [-0.39, 0.29) is 6.03 Å². The molecule has 1 aliphatic rings. The monoisotopic (exact) mass is 426 g/mol. The van der Waals surface area contributed by atoms with Crippen molar-refractivity contribution in [1.29, 1.82) is 5.26 Å². The number of hydrogen-bond donors (Lipinski definition) is 2. The van der Waals surface area contributed by atoms with Crippen LogP contribution in [0.15, 0.2) is 24.4 Å². The van der Waals surface area contributed by atoms with Gasteiger partial charge in [0.25, 0.3) is 0 Å². The van der Waals surface area contributed by atoms with Crippen LogP contribution in [0.2, 0.25) is 0 Å². The number of nitriles is 1. The first-order valence-corrected chi connectivity index (χ1v) is 9.88. The van der Waals surface area contributed by atoms with Crippen LogP contribution in [0.4, 0.5) is 22.1 Å². The maximum Gasteiger partial charge on any atom is 0.328 e. The number of urea groups is 1. The molecule has 2 aromatic heterocycles. The smallest absolute Gasteiger partial charge is 0.328 e. The molecule has 2 aromatic rings. The molecule has 0 radical (unpaired) electrons. The van der Waals surface area contributed by atoms with E-state index in [4.69, 9.17) is 14.2 Å². The highest BCUT2D eigenvalue weighted by atomic mass is 16.7. The number of aromatic nitrogens is 2. The highest BCUT2D eigenvalue weighted by Gasteiger charge is 2.26. The van der Waals surface area contributed by atoms with Crippen LogP contribution in [0.1, 0.15) is 29.5 Å². The largest absolute Gasteiger partial charge is 0.383 e. The number of rotatable bonds is 8. The Bertz CT molecular complexity index is 957. The van der Waals surface area contributed by atoms with Crippen molar-refractivity contribution in [2.24, 2.45) is 0 Å². The molecule has 0 aromatic carbocycles. The Hall–Kier alpha value is -3.26. The van der Waals surface area contributed by atoms with Crippen molar-refractivity contribution in [2.75, 3.05) is 56.6 Å². The number of methoxy groups -OCH3 is 3. The van der Waals surface area contributed by atoms with Crippen LogP contribution in [0.25, 0.3) is 0 Å². The molecule has 0 spiro atoms. The normalized spacial score (nSPS) is 12.9. The summed E-state index contributed by atoms with van der Waals surface area (Å²) in [7, 11) is 4.67. The molecule has 0 fully saturated rings. The standard InChI is InChI=1S/C21H26N6O4/c1-29-10-8-23-17-11-18(24-13-15(17)12-22)26-21(28)27-9-4-5-14-6-7-16(25-19(14)27)20(30-2)31-3/h6-7,11,13,20H,4-5,8-10H2,1-3H3,(H2,23,24,26,28). The predicted octanol–water partition coefficient (Wildman–Crippen LogP) is 2.68. The summed E-state index contributed by atoms with van der Waals surface area (Å²) in [5.41, 5.74) is 2.52. The molecule has 3 rings (SSSR count). The van der Waals surface area contributed by atoms with Crippen LogP contribution < -0.4 is 15.5 Å². The molecule has 0 atom stereocenters. The van der Waals surface area contributed by atoms with Gasteiger partial charge in [-0.15, -0.1) is 0 Å². The average Bonchev–Trinajstić information content (AvgIpc) is 2.79. The first kappa shape index (κ1) is 22.4. The maximum atomic E-state index is 13.0. The first-order valence-electron chi connectivity index (χ1n) is 9.88. The van der Waals surface area contributed by atoms with E-state index in [9.17, 15) is 10.1 Å². The lowest BCUT2D eigenvalue weighted by Crippen LogP contribution is -2.39. The van der Waals surface area contributed by atoms with Gasteiger partial charge in [0, 0.05) is 46.7 Å². The third kappa shape index (κ3) is 5.27. The van der Waals surface area contributed by atoms with Gasteiger partial charge in [-0.2, -0.15) is 5.26 Å². The lowest BCUT2D eigenvalue weighted by molar-refractivity contribution is -0.108. The van der Waals surface area contributed by atoms with Crippen LogP contribution in [0, 0.1) is 11.3 Å². The summed E-state index contributed by atoms with van der Waals surface area (Å²) >= 11 is 0. The van der Waals surface area contributed by atoms with E-state index in [0.717, 1.165) is 18.4 Å². The molecule has 10 nitrogen and oxygen atoms in total. The molecular formula is C21H26N6O4. The van der Waals surface area contributed by atoms with Crippen molar-refractivity contribution >= 4 is 23.4 Å². The Morgan fingerprint density at radius 3 is 2.84 bits per heavy atom. The summed E-state index contributed by atoms with van der Waals surface area (Å²) in [5.74, 6) is 0.909. The molecule has 0 saturated carbocycles. The van der Waals surface area contributed by atoms with Gasteiger partial charge in [0.2, 0.25) is 6.29 Å². The molecule has 10 heteroatoms. The predicted molar refractivity (Wildman–Crippen MR) is 115 cm³/mol. The summed E-state index contributed by atoms with van der Waals surface area (Å²) in [5, 5.41) is 15.2. The molecule has 2 amide bonds. The third-order valence-corrected chi connectivity index (χ3v) is 4.86. The highest BCUT2D eigenvalue weighted by molar-refractivity contribution is 6.01. The van der Waals surface area contributed by atoms with E-state index in [0.29, 0.717) is 48.3 Å². The van der Waals surface area contributed by atoms with E-state index < -0.39 is 6.29 Å². The van der Waals surface area contributed by atoms with Crippen LogP contribution in [0.3, 0.4) is 0 Å². The number of pyridine rings is 2. The van der Waals surface area contributed by atoms with Crippen LogP contribution in [-0.2, 0) is 20.6 Å². The number of amides is 2. The second-order valence-corrected chi connectivity index (χ2v) is 6.85. The van der Waals surface area contributed by atoms with Gasteiger partial charge in [0.05, 0.1) is 23.6 Å². The SMILES string of the molecule is COCCNc1cc(NC(=O)N2CCCc3ccc(C(OC)OC)nc32)ncc1C#N. The van der Waals surface area contributed by atoms with Gasteiger partial charge in [-0.3, -0.25) is 10.2 Å². The van der Waals surface area contributed by atoms with Crippen LogP contribution in [0.5, 0.6) is 0 Å². The van der Waals surface area contributed by atoms with Crippen LogP contribution in [-0.4, -0.2) is 57.0 Å². The van der Waals surface area contributed by atoms with E-state index >= 15 is 0 Å². The molecule has 3 heterocycles. The molecule has 0 saturated heterocycles. The number of aryl methyl sites for hydroxylation is 1. The Labute approximate surface area is 181 Å². The molecule has 0 bridgehead atoms. The number of ether oxygens (including phenoxy) is 3. The number of fused-ring (bicyclic) bond motifs is 1. The van der Waals surface area contributed by atoms with Crippen molar-refractivity contribution in [1.82, 2.24) is 9.97 Å². The Kier molecular flexibility index (Phi) is 7.72. The Balaban J connectivity index is 1.81. The van der Waals surface area contributed by atoms with E-state index in [1.165, 1.54) is 20.4 Å². The van der Waals surface area contributed by atoms with Gasteiger partial charge >= 0.3 is 6.03 Å². The molecule has 0 aliphatic carbocycles. The van der Waals surface area contributed by atoms with Gasteiger partial charge in [-0.05, 0) is 24.5 Å². The topological polar surface area (TPSA) is 122 Å². The molecule has 164 valence electrons. The number of nitrogens with zero attached hydrogens (tertiary/aromatic N) is 4. The van der Waals surface area contributed by atoms with E-state index in [2.05, 4.69) is 26.7 Å². The fraction of sp³-hybridized carbons (Fsp3) is 0.429. The summed E-state index contributed by atoms with van der Waals surface area (Å²) < 4.78 is 15.6. The lowest BCUT2D eigenvalue weighted by atomic mass is 10.1. The lowest BCUT2D eigenvalue weighted by Gasteiger charge is -2.29. The average molecular weight is 426 g/mol. The summed E-state index contributed by atoms with van der Waals surface area (Å²) in [6, 6.07) is 7.16. The van der Waals surface area contributed by atoms with Gasteiger partial charge in [-0.25, -0.2) is 14.8 Å². The van der Waals surface area contributed by atoms with Gasteiger partial charge in [0.1, 0.15) is 17.7 Å². The molecule has 1 aliphatic heterocycles. The van der Waals surface area contributed by atoms with Crippen LogP contribution >= 0.6 is 0 Å². The second kappa shape index (κ2) is 10.7. The number of nitrogens with one attached hydrogen (secondary N) is 2. The third-order valence-electron chi connectivity index (χ3n) is 4.86. The minimum atomic E-state index is -0.613. The van der Waals surface area contributed by atoms with Crippen molar-refractivity contribution in [3.8, 4) is 6.07 Å². The minimum Gasteiger partial charge on any atom is -0.383 e. The van der Waals surface area contributed by atoms with Gasteiger partial charge in [-0.1, -0.05) is 6.07 Å². The van der Waals surface area contributed by atoms with Crippen molar-refractivity contribution in [2.45, 2.75) is 19.1 Å². The van der Waals surface area contributed by atoms with Gasteiger partial charge in [0.15, 0.2) is 0 Å². The van der Waals surface area contributed by atoms with Gasteiger partial charge < -0.3 is 19.5 Å². The highest BCUT2D eigenvalue weighted by Crippen LogP contribution is 2.28. The minimum absolute atomic E-state index is 0.332. The summed E-state index contributed by atoms with van der Waals surface area (Å²) in [4.78, 5) is 23.4. The zero-order valence-corrected chi connectivity index (χ0v) is 17.8. The van der Waals surface area contributed by atoms with Crippen molar-refractivity contribution in [3.05, 3.63) is 41.2 Å². The zero-order valence-electron chi connectivity index (χ0n) is 17.8. The molecule has 31 heavy (non-hydrogen) atoms. The number of hydrogen-bond acceptors (Lipinski definition) is 8. The fourth-order valence-electron chi connectivity index (χ4n) is 3.34. The van der Waals surface area contributed by atoms with Crippen molar-refractivity contribution in [3.63, 3.8) is 0 Å². The Morgan fingerprint density at radius 2 is 2.13 bits per heavy atom. The molecule has 2 N–H and O–H groups in total. The number of carbonyl (C=O) groups is 1. The fourth-order valence-corrected chi connectivity index (χ4v) is 3.34. The summed E-state index contributed by atoms with van der Waals surface area (Å²) in [6.45, 7) is 1.53. The van der Waals surface area contributed by atoms with Crippen molar-refractivity contribution < 1.29 is 19.0 Å². The quantitative estimate of drug-likeness (QED) is 0.488. The van der Waals surface area contributed by atoms with E-state index in [1.54, 1.807) is 18.1 Å². The molecule has 0 unspecified atom stereocenters.